The van der Waals surface area contributed by atoms with Crippen LogP contribution in [0.5, 0.6) is 5.75 Å². The van der Waals surface area contributed by atoms with E-state index in [4.69, 9.17) is 4.74 Å². The maximum Gasteiger partial charge on any atom is 0.251 e. The minimum absolute atomic E-state index is 0.00790. The van der Waals surface area contributed by atoms with Crippen LogP contribution in [0.25, 0.3) is 10.9 Å². The van der Waals surface area contributed by atoms with Crippen molar-refractivity contribution < 1.29 is 9.53 Å². The summed E-state index contributed by atoms with van der Waals surface area (Å²) in [7, 11) is 1.63. The molecule has 0 radical (unpaired) electrons. The Hall–Kier alpha value is -2.44. The van der Waals surface area contributed by atoms with Crippen molar-refractivity contribution in [1.82, 2.24) is 9.47 Å². The molecule has 1 saturated heterocycles. The molecule has 0 bridgehead atoms. The number of fused-ring (bicyclic) bond motifs is 1. The number of methoxy groups -OCH3 is 1. The van der Waals surface area contributed by atoms with Crippen molar-refractivity contribution in [1.29, 1.82) is 0 Å². The van der Waals surface area contributed by atoms with Crippen molar-refractivity contribution in [3.05, 3.63) is 63.1 Å². The predicted molar refractivity (Wildman–Crippen MR) is 131 cm³/mol. The zero-order valence-corrected chi connectivity index (χ0v) is 19.6. The van der Waals surface area contributed by atoms with Crippen molar-refractivity contribution >= 4 is 28.5 Å². The molecule has 2 aromatic heterocycles. The van der Waals surface area contributed by atoms with E-state index in [1.807, 2.05) is 40.2 Å². The molecule has 1 fully saturated rings. The van der Waals surface area contributed by atoms with Gasteiger partial charge in [-0.15, -0.1) is 11.3 Å². The maximum absolute atomic E-state index is 12.5. The molecule has 5 nitrogen and oxygen atoms in total. The van der Waals surface area contributed by atoms with E-state index in [1.165, 1.54) is 17.6 Å². The first-order valence-electron chi connectivity index (χ1n) is 11.5. The predicted octanol–water partition coefficient (Wildman–Crippen LogP) is 4.77. The molecule has 0 saturated carbocycles. The number of rotatable bonds is 10. The summed E-state index contributed by atoms with van der Waals surface area (Å²) in [4.78, 5) is 28.5. The molecule has 6 heteroatoms. The van der Waals surface area contributed by atoms with Crippen molar-refractivity contribution in [3.63, 3.8) is 0 Å². The van der Waals surface area contributed by atoms with Crippen molar-refractivity contribution in [2.75, 3.05) is 26.7 Å². The van der Waals surface area contributed by atoms with Gasteiger partial charge in [-0.25, -0.2) is 0 Å². The lowest BCUT2D eigenvalue weighted by molar-refractivity contribution is -0.119. The molecule has 0 amide bonds. The van der Waals surface area contributed by atoms with Gasteiger partial charge in [-0.3, -0.25) is 4.79 Å². The Morgan fingerprint density at radius 2 is 1.91 bits per heavy atom. The molecule has 1 aliphatic heterocycles. The second-order valence-corrected chi connectivity index (χ2v) is 9.89. The lowest BCUT2D eigenvalue weighted by Gasteiger charge is -2.38. The quantitative estimate of drug-likeness (QED) is 0.416. The second-order valence-electron chi connectivity index (χ2n) is 8.86. The van der Waals surface area contributed by atoms with Crippen LogP contribution in [0.3, 0.4) is 0 Å². The van der Waals surface area contributed by atoms with E-state index in [0.29, 0.717) is 6.54 Å². The van der Waals surface area contributed by atoms with Gasteiger partial charge in [0, 0.05) is 29.0 Å². The third kappa shape index (κ3) is 5.30. The molecule has 4 rings (SSSR count). The molecule has 3 heterocycles. The Labute approximate surface area is 193 Å². The van der Waals surface area contributed by atoms with Gasteiger partial charge >= 0.3 is 0 Å². The van der Waals surface area contributed by atoms with E-state index in [0.717, 1.165) is 68.4 Å². The molecule has 0 spiro atoms. The Morgan fingerprint density at radius 1 is 1.09 bits per heavy atom. The molecule has 170 valence electrons. The number of hydrogen-bond acceptors (Lipinski definition) is 5. The number of aryl methyl sites for hydroxylation is 2. The Morgan fingerprint density at radius 3 is 2.62 bits per heavy atom. The number of benzene rings is 1. The standard InChI is InChI=1S/C26H32N2O3S/c1-31-22-9-7-21-8-10-25(30)28(24(21)19-22)15-4-11-26(20-29)12-16-27(17-13-26)14-2-5-23-6-3-18-32-23/h3,6-10,18-20H,2,4-5,11-17H2,1H3. The fourth-order valence-electron chi connectivity index (χ4n) is 4.80. The maximum atomic E-state index is 12.5. The lowest BCUT2D eigenvalue weighted by Crippen LogP contribution is -2.41. The van der Waals surface area contributed by atoms with Gasteiger partial charge in [0.1, 0.15) is 12.0 Å². The molecule has 0 aliphatic carbocycles. The fraction of sp³-hybridized carbons (Fsp3) is 0.462. The minimum atomic E-state index is -0.254. The number of aldehydes is 1. The average Bonchev–Trinajstić information content (AvgIpc) is 3.35. The smallest absolute Gasteiger partial charge is 0.251 e. The van der Waals surface area contributed by atoms with Gasteiger partial charge in [-0.05, 0) is 93.2 Å². The highest BCUT2D eigenvalue weighted by atomic mass is 32.1. The van der Waals surface area contributed by atoms with Gasteiger partial charge in [0.2, 0.25) is 0 Å². The van der Waals surface area contributed by atoms with Gasteiger partial charge in [0.25, 0.3) is 5.56 Å². The number of piperidine rings is 1. The van der Waals surface area contributed by atoms with Gasteiger partial charge in [-0.2, -0.15) is 0 Å². The van der Waals surface area contributed by atoms with E-state index in [-0.39, 0.29) is 11.0 Å². The Kier molecular flexibility index (Phi) is 7.43. The Bertz CT molecular complexity index is 1080. The molecule has 1 aromatic carbocycles. The van der Waals surface area contributed by atoms with E-state index in [2.05, 4.69) is 22.4 Å². The minimum Gasteiger partial charge on any atom is -0.497 e. The molecule has 0 unspecified atom stereocenters. The lowest BCUT2D eigenvalue weighted by atomic mass is 9.76. The van der Waals surface area contributed by atoms with E-state index in [9.17, 15) is 9.59 Å². The van der Waals surface area contributed by atoms with E-state index < -0.39 is 0 Å². The SMILES string of the molecule is COc1ccc2ccc(=O)n(CCCC3(C=O)CCN(CCCc4cccs4)CC3)c2c1. The van der Waals surface area contributed by atoms with Crippen LogP contribution in [0, 0.1) is 5.41 Å². The first-order chi connectivity index (χ1) is 15.6. The normalized spacial score (nSPS) is 16.3. The van der Waals surface area contributed by atoms with Gasteiger partial charge in [-0.1, -0.05) is 6.07 Å². The van der Waals surface area contributed by atoms with Gasteiger partial charge in [0.15, 0.2) is 0 Å². The van der Waals surface area contributed by atoms with Crippen molar-refractivity contribution in [3.8, 4) is 5.75 Å². The highest BCUT2D eigenvalue weighted by Gasteiger charge is 2.33. The summed E-state index contributed by atoms with van der Waals surface area (Å²) in [5.41, 5.74) is 0.625. The van der Waals surface area contributed by atoms with Crippen LogP contribution in [0.4, 0.5) is 0 Å². The first-order valence-corrected chi connectivity index (χ1v) is 12.4. The van der Waals surface area contributed by atoms with Gasteiger partial charge in [0.05, 0.1) is 12.6 Å². The zero-order valence-electron chi connectivity index (χ0n) is 18.8. The summed E-state index contributed by atoms with van der Waals surface area (Å²) >= 11 is 1.83. The van der Waals surface area contributed by atoms with Crippen molar-refractivity contribution in [2.24, 2.45) is 5.41 Å². The third-order valence-corrected chi connectivity index (χ3v) is 7.77. The number of pyridine rings is 1. The topological polar surface area (TPSA) is 51.5 Å². The summed E-state index contributed by atoms with van der Waals surface area (Å²) in [5.74, 6) is 0.743. The molecule has 32 heavy (non-hydrogen) atoms. The largest absolute Gasteiger partial charge is 0.497 e. The summed E-state index contributed by atoms with van der Waals surface area (Å²) in [6.45, 7) is 3.67. The number of nitrogens with zero attached hydrogens (tertiary/aromatic N) is 2. The summed E-state index contributed by atoms with van der Waals surface area (Å²) in [5, 5.41) is 3.16. The number of likely N-dealkylation sites (tertiary alicyclic amines) is 1. The molecule has 3 aromatic rings. The number of carbonyl (C=O) groups is 1. The highest BCUT2D eigenvalue weighted by Crippen LogP contribution is 2.34. The third-order valence-electron chi connectivity index (χ3n) is 6.84. The van der Waals surface area contributed by atoms with Crippen molar-refractivity contribution in [2.45, 2.75) is 45.1 Å². The van der Waals surface area contributed by atoms with E-state index >= 15 is 0 Å². The molecular formula is C26H32N2O3S. The fourth-order valence-corrected chi connectivity index (χ4v) is 5.55. The first kappa shape index (κ1) is 22.7. The number of thiophene rings is 1. The summed E-state index contributed by atoms with van der Waals surface area (Å²) in [6, 6.07) is 13.6. The zero-order chi connectivity index (χ0) is 22.4. The molecule has 1 aliphatic rings. The number of ether oxygens (including phenoxy) is 1. The summed E-state index contributed by atoms with van der Waals surface area (Å²) in [6.07, 6.45) is 6.95. The average molecular weight is 453 g/mol. The number of aromatic nitrogens is 1. The number of carbonyl (C=O) groups excluding carboxylic acids is 1. The van der Waals surface area contributed by atoms with Gasteiger partial charge < -0.3 is 19.0 Å². The van der Waals surface area contributed by atoms with Crippen LogP contribution in [0.1, 0.15) is 37.0 Å². The highest BCUT2D eigenvalue weighted by molar-refractivity contribution is 7.09. The second kappa shape index (κ2) is 10.5. The van der Waals surface area contributed by atoms with E-state index in [1.54, 1.807) is 13.2 Å². The van der Waals surface area contributed by atoms with Crippen LogP contribution in [0.2, 0.25) is 0 Å². The van der Waals surface area contributed by atoms with Crippen LogP contribution >= 0.6 is 11.3 Å². The monoisotopic (exact) mass is 452 g/mol. The number of hydrogen-bond donors (Lipinski definition) is 0. The molecular weight excluding hydrogens is 420 g/mol. The van der Waals surface area contributed by atoms with Crippen LogP contribution in [0.15, 0.2) is 52.6 Å². The molecule has 0 N–H and O–H groups in total. The van der Waals surface area contributed by atoms with Crippen LogP contribution in [-0.4, -0.2) is 42.5 Å². The van der Waals surface area contributed by atoms with Crippen LogP contribution < -0.4 is 10.3 Å². The Balaban J connectivity index is 1.32. The van der Waals surface area contributed by atoms with Crippen LogP contribution in [-0.2, 0) is 17.8 Å². The molecule has 0 atom stereocenters. The summed E-state index contributed by atoms with van der Waals surface area (Å²) < 4.78 is 7.16.